The van der Waals surface area contributed by atoms with Crippen LogP contribution in [0.15, 0.2) is 24.3 Å². The molecule has 0 atom stereocenters. The van der Waals surface area contributed by atoms with Crippen LogP contribution in [0.1, 0.15) is 0 Å². The first-order chi connectivity index (χ1) is 8.18. The maximum absolute atomic E-state index is 13.7. The lowest BCUT2D eigenvalue weighted by molar-refractivity contribution is -0.152. The van der Waals surface area contributed by atoms with Crippen LogP contribution in [0.4, 0.5) is 8.78 Å². The zero-order valence-electron chi connectivity index (χ0n) is 10.8. The predicted molar refractivity (Wildman–Crippen MR) is 66.9 cm³/mol. The Hall–Kier alpha value is -1.43. The molecule has 0 saturated carbocycles. The summed E-state index contributed by atoms with van der Waals surface area (Å²) in [5, 5.41) is 0. The highest BCUT2D eigenvalue weighted by Gasteiger charge is 2.53. The highest BCUT2D eigenvalue weighted by Crippen LogP contribution is 2.29. The van der Waals surface area contributed by atoms with Crippen LogP contribution in [0.5, 0.6) is 11.5 Å². The van der Waals surface area contributed by atoms with Gasteiger partial charge >= 0.3 is 11.5 Å². The molecule has 0 heterocycles. The molecular formula is C12H16F2O3Si. The van der Waals surface area contributed by atoms with Gasteiger partial charge in [-0.1, -0.05) is 19.6 Å². The van der Waals surface area contributed by atoms with Gasteiger partial charge in [-0.2, -0.15) is 8.78 Å². The summed E-state index contributed by atoms with van der Waals surface area (Å²) in [5.41, 5.74) is -3.41. The number of halogens is 2. The Morgan fingerprint density at radius 3 is 1.94 bits per heavy atom. The Kier molecular flexibility index (Phi) is 4.11. The number of ether oxygens (including phenoxy) is 2. The minimum Gasteiger partial charge on any atom is -0.497 e. The third kappa shape index (κ3) is 3.07. The molecule has 0 spiro atoms. The van der Waals surface area contributed by atoms with Gasteiger partial charge in [0.05, 0.1) is 7.11 Å². The molecule has 100 valence electrons. The molecule has 0 saturated heterocycles. The summed E-state index contributed by atoms with van der Waals surface area (Å²) in [4.78, 5) is 11.5. The number of benzene rings is 1. The smallest absolute Gasteiger partial charge is 0.377 e. The van der Waals surface area contributed by atoms with E-state index in [0.29, 0.717) is 5.75 Å². The quantitative estimate of drug-likeness (QED) is 0.481. The molecular weight excluding hydrogens is 258 g/mol. The lowest BCUT2D eigenvalue weighted by atomic mass is 10.3. The van der Waals surface area contributed by atoms with Crippen molar-refractivity contribution in [3.8, 4) is 11.5 Å². The van der Waals surface area contributed by atoms with Crippen molar-refractivity contribution < 1.29 is 23.0 Å². The van der Waals surface area contributed by atoms with Gasteiger partial charge in [0.2, 0.25) is 0 Å². The molecule has 3 nitrogen and oxygen atoms in total. The second kappa shape index (κ2) is 5.05. The zero-order chi connectivity index (χ0) is 14.0. The van der Waals surface area contributed by atoms with Crippen molar-refractivity contribution in [2.24, 2.45) is 0 Å². The Morgan fingerprint density at radius 1 is 1.11 bits per heavy atom. The van der Waals surface area contributed by atoms with E-state index in [1.54, 1.807) is 0 Å². The molecule has 0 aliphatic heterocycles. The minimum atomic E-state index is -3.41. The zero-order valence-corrected chi connectivity index (χ0v) is 11.8. The summed E-state index contributed by atoms with van der Waals surface area (Å²) in [7, 11) is -1.47. The number of hydrogen-bond donors (Lipinski definition) is 0. The standard InChI is InChI=1S/C12H16F2O3Si/c1-16-9-5-7-10(8-6-9)17-11(15)12(13,14)18(2,3)4/h5-8H,1-4H3. The van der Waals surface area contributed by atoms with E-state index in [1.165, 1.54) is 51.0 Å². The normalized spacial score (nSPS) is 12.1. The third-order valence-electron chi connectivity index (χ3n) is 2.47. The molecule has 1 aromatic rings. The van der Waals surface area contributed by atoms with E-state index in [2.05, 4.69) is 0 Å². The summed E-state index contributed by atoms with van der Waals surface area (Å²) in [6.07, 6.45) is 0. The largest absolute Gasteiger partial charge is 0.497 e. The van der Waals surface area contributed by atoms with Crippen molar-refractivity contribution in [1.82, 2.24) is 0 Å². The summed E-state index contributed by atoms with van der Waals surface area (Å²) in [5.74, 6) is -0.850. The third-order valence-corrected chi connectivity index (χ3v) is 4.56. The molecule has 1 rings (SSSR count). The first kappa shape index (κ1) is 14.6. The second-order valence-electron chi connectivity index (χ2n) is 4.89. The average molecular weight is 274 g/mol. The molecule has 0 radical (unpaired) electrons. The molecule has 0 bridgehead atoms. The van der Waals surface area contributed by atoms with Crippen LogP contribution < -0.4 is 9.47 Å². The SMILES string of the molecule is COc1ccc(OC(=O)C(F)(F)[Si](C)(C)C)cc1. The number of hydrogen-bond acceptors (Lipinski definition) is 3. The van der Waals surface area contributed by atoms with Gasteiger partial charge in [0.1, 0.15) is 19.6 Å². The highest BCUT2D eigenvalue weighted by molar-refractivity contribution is 6.81. The average Bonchev–Trinajstić information content (AvgIpc) is 2.28. The maximum Gasteiger partial charge on any atom is 0.377 e. The summed E-state index contributed by atoms with van der Waals surface area (Å²) in [6, 6.07) is 5.90. The van der Waals surface area contributed by atoms with E-state index in [1.807, 2.05) is 0 Å². The van der Waals surface area contributed by atoms with Gasteiger partial charge in [0.25, 0.3) is 0 Å². The topological polar surface area (TPSA) is 35.5 Å². The van der Waals surface area contributed by atoms with Crippen LogP contribution in [-0.2, 0) is 4.79 Å². The summed E-state index contributed by atoms with van der Waals surface area (Å²) < 4.78 is 37.0. The van der Waals surface area contributed by atoms with E-state index in [9.17, 15) is 13.6 Å². The molecule has 0 aliphatic rings. The fourth-order valence-electron chi connectivity index (χ4n) is 1.12. The first-order valence-electron chi connectivity index (χ1n) is 5.42. The Bertz CT molecular complexity index is 424. The van der Waals surface area contributed by atoms with E-state index in [-0.39, 0.29) is 5.75 Å². The molecule has 0 fully saturated rings. The van der Waals surface area contributed by atoms with Gasteiger partial charge in [0, 0.05) is 0 Å². The minimum absolute atomic E-state index is 0.0822. The van der Waals surface area contributed by atoms with E-state index in [0.717, 1.165) is 0 Å². The van der Waals surface area contributed by atoms with Crippen molar-refractivity contribution in [3.05, 3.63) is 24.3 Å². The van der Waals surface area contributed by atoms with Crippen molar-refractivity contribution in [1.29, 1.82) is 0 Å². The molecule has 0 amide bonds. The Balaban J connectivity index is 2.81. The second-order valence-corrected chi connectivity index (χ2v) is 10.0. The highest BCUT2D eigenvalue weighted by atomic mass is 28.3. The number of alkyl halides is 2. The van der Waals surface area contributed by atoms with Crippen molar-refractivity contribution in [2.75, 3.05) is 7.11 Å². The van der Waals surface area contributed by atoms with Gasteiger partial charge in [-0.3, -0.25) is 0 Å². The molecule has 0 N–H and O–H groups in total. The number of carbonyl (C=O) groups excluding carboxylic acids is 1. The lowest BCUT2D eigenvalue weighted by Gasteiger charge is -2.26. The van der Waals surface area contributed by atoms with Gasteiger partial charge < -0.3 is 9.47 Å². The van der Waals surface area contributed by atoms with Crippen LogP contribution in [0.25, 0.3) is 0 Å². The summed E-state index contributed by atoms with van der Waals surface area (Å²) >= 11 is 0. The molecule has 1 aromatic carbocycles. The van der Waals surface area contributed by atoms with Crippen molar-refractivity contribution in [3.63, 3.8) is 0 Å². The van der Waals surface area contributed by atoms with Crippen LogP contribution in [0, 0.1) is 0 Å². The van der Waals surface area contributed by atoms with Gasteiger partial charge in [-0.05, 0) is 24.3 Å². The number of methoxy groups -OCH3 is 1. The number of esters is 1. The van der Waals surface area contributed by atoms with E-state index < -0.39 is 19.6 Å². The van der Waals surface area contributed by atoms with Crippen LogP contribution >= 0.6 is 0 Å². The van der Waals surface area contributed by atoms with E-state index in [4.69, 9.17) is 9.47 Å². The lowest BCUT2D eigenvalue weighted by Crippen LogP contribution is -2.52. The van der Waals surface area contributed by atoms with Gasteiger partial charge in [-0.25, -0.2) is 4.79 Å². The van der Waals surface area contributed by atoms with Crippen LogP contribution in [0.2, 0.25) is 19.6 Å². The molecule has 18 heavy (non-hydrogen) atoms. The summed E-state index contributed by atoms with van der Waals surface area (Å²) in [6.45, 7) is 4.26. The number of rotatable bonds is 4. The molecule has 0 aromatic heterocycles. The van der Waals surface area contributed by atoms with Crippen molar-refractivity contribution >= 4 is 14.0 Å². The first-order valence-corrected chi connectivity index (χ1v) is 8.92. The number of carbonyl (C=O) groups is 1. The monoisotopic (exact) mass is 274 g/mol. The Morgan fingerprint density at radius 2 is 1.56 bits per heavy atom. The molecule has 0 aliphatic carbocycles. The fraction of sp³-hybridized carbons (Fsp3) is 0.417. The van der Waals surface area contributed by atoms with Crippen LogP contribution in [-0.4, -0.2) is 26.7 Å². The van der Waals surface area contributed by atoms with Crippen molar-refractivity contribution in [2.45, 2.75) is 25.2 Å². The van der Waals surface area contributed by atoms with Crippen LogP contribution in [0.3, 0.4) is 0 Å². The van der Waals surface area contributed by atoms with E-state index >= 15 is 0 Å². The maximum atomic E-state index is 13.7. The fourth-order valence-corrected chi connectivity index (χ4v) is 1.78. The Labute approximate surface area is 106 Å². The molecule has 6 heteroatoms. The van der Waals surface area contributed by atoms with Gasteiger partial charge in [-0.15, -0.1) is 0 Å². The predicted octanol–water partition coefficient (Wildman–Crippen LogP) is 3.11. The van der Waals surface area contributed by atoms with Gasteiger partial charge in [0.15, 0.2) is 0 Å². The molecule has 0 unspecified atom stereocenters.